The lowest BCUT2D eigenvalue weighted by atomic mass is 10.2. The maximum Gasteiger partial charge on any atom is 0.273 e. The third-order valence-corrected chi connectivity index (χ3v) is 4.13. The normalized spacial score (nSPS) is 15.1. The number of nitrogens with zero attached hydrogens (tertiary/aromatic N) is 4. The minimum Gasteiger partial charge on any atom is -0.343 e. The zero-order valence-electron chi connectivity index (χ0n) is 12.6. The maximum atomic E-state index is 14.7. The molecule has 1 amide bonds. The van der Waals surface area contributed by atoms with E-state index in [1.54, 1.807) is 18.7 Å². The van der Waals surface area contributed by atoms with Crippen molar-refractivity contribution in [1.29, 1.82) is 0 Å². The van der Waals surface area contributed by atoms with Gasteiger partial charge in [-0.15, -0.1) is 0 Å². The molecule has 0 bridgehead atoms. The molecule has 2 heterocycles. The van der Waals surface area contributed by atoms with Crippen molar-refractivity contribution in [3.05, 3.63) is 23.0 Å². The van der Waals surface area contributed by atoms with Crippen molar-refractivity contribution in [1.82, 2.24) is 19.4 Å². The fourth-order valence-electron chi connectivity index (χ4n) is 2.96. The van der Waals surface area contributed by atoms with Gasteiger partial charge in [-0.2, -0.15) is 4.98 Å². The molecule has 0 unspecified atom stereocenters. The molecule has 0 saturated heterocycles. The summed E-state index contributed by atoms with van der Waals surface area (Å²) in [7, 11) is 3.22. The molecule has 1 aliphatic carbocycles. The molecule has 1 aliphatic rings. The summed E-state index contributed by atoms with van der Waals surface area (Å²) in [5.74, 6) is -0.930. The zero-order valence-corrected chi connectivity index (χ0v) is 13.4. The number of hydrogen-bond donors (Lipinski definition) is 0. The second-order valence-electron chi connectivity index (χ2n) is 5.55. The van der Waals surface area contributed by atoms with Gasteiger partial charge in [0.1, 0.15) is 11.3 Å². The van der Waals surface area contributed by atoms with Gasteiger partial charge in [0.2, 0.25) is 5.28 Å². The number of aromatic nitrogens is 3. The number of fused-ring (bicyclic) bond motifs is 1. The van der Waals surface area contributed by atoms with E-state index in [0.717, 1.165) is 25.7 Å². The molecule has 22 heavy (non-hydrogen) atoms. The molecule has 116 valence electrons. The van der Waals surface area contributed by atoms with E-state index in [1.807, 2.05) is 0 Å². The monoisotopic (exact) mass is 322 g/mol. The van der Waals surface area contributed by atoms with Crippen LogP contribution in [0.25, 0.3) is 11.0 Å². The summed E-state index contributed by atoms with van der Waals surface area (Å²) < 4.78 is 16.4. The predicted octanol–water partition coefficient (Wildman–Crippen LogP) is 2.39. The molecule has 2 radical (unpaired) electrons. The smallest absolute Gasteiger partial charge is 0.273 e. The summed E-state index contributed by atoms with van der Waals surface area (Å²) >= 11 is 5.85. The van der Waals surface area contributed by atoms with Crippen LogP contribution >= 0.6 is 11.6 Å². The number of carbonyl (C=O) groups is 1. The summed E-state index contributed by atoms with van der Waals surface area (Å²) in [6.07, 6.45) is 5.32. The Kier molecular flexibility index (Phi) is 4.75. The van der Waals surface area contributed by atoms with Gasteiger partial charge < -0.3 is 9.47 Å². The van der Waals surface area contributed by atoms with Crippen molar-refractivity contribution < 1.29 is 9.18 Å². The van der Waals surface area contributed by atoms with Crippen LogP contribution in [0.2, 0.25) is 5.28 Å². The van der Waals surface area contributed by atoms with Crippen molar-refractivity contribution in [2.45, 2.75) is 31.7 Å². The molecule has 2 aromatic heterocycles. The Morgan fingerprint density at radius 1 is 1.41 bits per heavy atom. The van der Waals surface area contributed by atoms with Crippen LogP contribution in [-0.2, 0) is 0 Å². The van der Waals surface area contributed by atoms with Gasteiger partial charge in [-0.3, -0.25) is 4.79 Å². The Hall–Kier alpha value is -1.63. The second-order valence-corrected chi connectivity index (χ2v) is 5.88. The van der Waals surface area contributed by atoms with Gasteiger partial charge in [-0.25, -0.2) is 9.37 Å². The highest BCUT2D eigenvalue weighted by molar-refractivity contribution is 6.28. The summed E-state index contributed by atoms with van der Waals surface area (Å²) in [4.78, 5) is 21.7. The molecule has 3 rings (SSSR count). The molecule has 5 nitrogen and oxygen atoms in total. The first-order valence-electron chi connectivity index (χ1n) is 6.94. The predicted molar refractivity (Wildman–Crippen MR) is 85.2 cm³/mol. The molecular weight excluding hydrogens is 305 g/mol. The van der Waals surface area contributed by atoms with Crippen molar-refractivity contribution >= 4 is 37.0 Å². The Labute approximate surface area is 135 Å². The fraction of sp³-hybridized carbons (Fsp3) is 0.500. The average Bonchev–Trinajstić information content (AvgIpc) is 3.04. The minimum absolute atomic E-state index is 0. The van der Waals surface area contributed by atoms with E-state index in [0.29, 0.717) is 5.65 Å². The van der Waals surface area contributed by atoms with Crippen molar-refractivity contribution in [3.63, 3.8) is 0 Å². The molecule has 0 atom stereocenters. The fourth-order valence-corrected chi connectivity index (χ4v) is 3.09. The van der Waals surface area contributed by atoms with Crippen LogP contribution in [0.4, 0.5) is 4.39 Å². The van der Waals surface area contributed by atoms with Gasteiger partial charge in [0.05, 0.1) is 5.39 Å². The van der Waals surface area contributed by atoms with Crippen LogP contribution in [0, 0.1) is 5.82 Å². The second kappa shape index (κ2) is 6.24. The molecule has 8 heteroatoms. The highest BCUT2D eigenvalue weighted by atomic mass is 35.5. The largest absolute Gasteiger partial charge is 0.343 e. The lowest BCUT2D eigenvalue weighted by Crippen LogP contribution is -2.26. The molecule has 0 N–H and O–H groups in total. The summed E-state index contributed by atoms with van der Waals surface area (Å²) in [5.41, 5.74) is 0.461. The van der Waals surface area contributed by atoms with E-state index in [2.05, 4.69) is 9.97 Å². The van der Waals surface area contributed by atoms with Crippen molar-refractivity contribution in [2.75, 3.05) is 14.1 Å². The third-order valence-electron chi connectivity index (χ3n) is 3.95. The lowest BCUT2D eigenvalue weighted by Gasteiger charge is -2.18. The maximum absolute atomic E-state index is 14.7. The summed E-state index contributed by atoms with van der Waals surface area (Å²) in [5, 5.41) is 0.305. The molecular formula is C14H17BClFN4O. The number of rotatable bonds is 2. The van der Waals surface area contributed by atoms with Crippen LogP contribution in [-0.4, -0.2) is 47.9 Å². The molecule has 0 aromatic carbocycles. The van der Waals surface area contributed by atoms with Crippen molar-refractivity contribution in [3.8, 4) is 0 Å². The quantitative estimate of drug-likeness (QED) is 0.630. The standard InChI is InChI=1S/C14H16ClFN4O.BH/c1-19(2)13(21)11-10(16)9-7-17-14(15)18-12(9)20(11)8-5-3-4-6-8;/h7-8H,3-6H2,1-2H3;1H. The Balaban J connectivity index is 0.00000176. The lowest BCUT2D eigenvalue weighted by molar-refractivity contribution is 0.0810. The van der Waals surface area contributed by atoms with Crippen LogP contribution in [0.15, 0.2) is 6.20 Å². The zero-order chi connectivity index (χ0) is 15.1. The van der Waals surface area contributed by atoms with E-state index in [9.17, 15) is 9.18 Å². The third kappa shape index (κ3) is 2.58. The molecule has 2 aromatic rings. The highest BCUT2D eigenvalue weighted by Gasteiger charge is 2.30. The van der Waals surface area contributed by atoms with Gasteiger partial charge in [-0.05, 0) is 24.4 Å². The van der Waals surface area contributed by atoms with Gasteiger partial charge in [0.15, 0.2) is 5.82 Å². The highest BCUT2D eigenvalue weighted by Crippen LogP contribution is 2.36. The van der Waals surface area contributed by atoms with E-state index in [1.165, 1.54) is 11.1 Å². The van der Waals surface area contributed by atoms with Crippen molar-refractivity contribution in [2.24, 2.45) is 0 Å². The van der Waals surface area contributed by atoms with Gasteiger partial charge in [0.25, 0.3) is 5.91 Å². The average molecular weight is 323 g/mol. The Morgan fingerprint density at radius 3 is 2.64 bits per heavy atom. The van der Waals surface area contributed by atoms with E-state index in [4.69, 9.17) is 11.6 Å². The van der Waals surface area contributed by atoms with E-state index >= 15 is 0 Å². The first kappa shape index (κ1) is 16.7. The van der Waals surface area contributed by atoms with E-state index < -0.39 is 5.82 Å². The summed E-state index contributed by atoms with van der Waals surface area (Å²) in [6, 6.07) is 0.0851. The van der Waals surface area contributed by atoms with Crippen LogP contribution in [0.1, 0.15) is 42.2 Å². The topological polar surface area (TPSA) is 51.0 Å². The number of hydrogen-bond acceptors (Lipinski definition) is 3. The SMILES string of the molecule is CN(C)C(=O)c1c(F)c2cnc(Cl)nc2n1C1CCCC1.[BH]. The molecule has 1 fully saturated rings. The Morgan fingerprint density at radius 2 is 2.05 bits per heavy atom. The number of carbonyl (C=O) groups excluding carboxylic acids is 1. The van der Waals surface area contributed by atoms with Crippen LogP contribution < -0.4 is 0 Å². The van der Waals surface area contributed by atoms with E-state index in [-0.39, 0.29) is 36.7 Å². The number of amides is 1. The first-order chi connectivity index (χ1) is 10.0. The van der Waals surface area contributed by atoms with Crippen LogP contribution in [0.5, 0.6) is 0 Å². The van der Waals surface area contributed by atoms with Crippen LogP contribution in [0.3, 0.4) is 0 Å². The first-order valence-corrected chi connectivity index (χ1v) is 7.32. The van der Waals surface area contributed by atoms with Gasteiger partial charge >= 0.3 is 0 Å². The molecule has 0 spiro atoms. The number of halogens is 2. The molecule has 1 saturated carbocycles. The molecule has 0 aliphatic heterocycles. The van der Waals surface area contributed by atoms with Gasteiger partial charge in [0, 0.05) is 34.7 Å². The van der Waals surface area contributed by atoms with Gasteiger partial charge in [-0.1, -0.05) is 12.8 Å². The Bertz CT molecular complexity index is 712. The summed E-state index contributed by atoms with van der Waals surface area (Å²) in [6.45, 7) is 0. The minimum atomic E-state index is -0.563.